The highest BCUT2D eigenvalue weighted by Crippen LogP contribution is 2.56. The number of hydrogen-bond donors (Lipinski definition) is 0. The summed E-state index contributed by atoms with van der Waals surface area (Å²) in [6, 6.07) is 12.9. The predicted octanol–water partition coefficient (Wildman–Crippen LogP) is 8.95. The molecule has 0 spiro atoms. The third-order valence-electron chi connectivity index (χ3n) is 9.34. The largest absolute Gasteiger partial charge is 0.496 e. The molecular formula is C37H31NO4S2. The van der Waals surface area contributed by atoms with Crippen LogP contribution in [0.15, 0.2) is 57.9 Å². The summed E-state index contributed by atoms with van der Waals surface area (Å²) in [6.07, 6.45) is 1.97. The van der Waals surface area contributed by atoms with Crippen LogP contribution < -0.4 is 9.47 Å². The summed E-state index contributed by atoms with van der Waals surface area (Å²) in [7, 11) is 3.42. The van der Waals surface area contributed by atoms with Gasteiger partial charge in [0.1, 0.15) is 11.5 Å². The first-order chi connectivity index (χ1) is 21.4. The molecule has 0 saturated heterocycles. The quantitative estimate of drug-likeness (QED) is 0.168. The zero-order chi connectivity index (χ0) is 30.3. The molecule has 3 aromatic carbocycles. The first-order valence-corrected chi connectivity index (χ1v) is 16.8. The van der Waals surface area contributed by atoms with Crippen LogP contribution in [0.1, 0.15) is 63.2 Å². The highest BCUT2D eigenvalue weighted by Gasteiger charge is 2.45. The molecule has 0 atom stereocenters. The molecule has 44 heavy (non-hydrogen) atoms. The van der Waals surface area contributed by atoms with Gasteiger partial charge in [-0.25, -0.2) is 0 Å². The van der Waals surface area contributed by atoms with Crippen LogP contribution in [0, 0.1) is 5.92 Å². The lowest BCUT2D eigenvalue weighted by Crippen LogP contribution is -2.31. The second kappa shape index (κ2) is 10.2. The number of amides is 2. The van der Waals surface area contributed by atoms with Gasteiger partial charge >= 0.3 is 0 Å². The first kappa shape index (κ1) is 27.4. The summed E-state index contributed by atoms with van der Waals surface area (Å²) in [5.41, 5.74) is 14.0. The number of thiophene rings is 2. The molecule has 0 fully saturated rings. The van der Waals surface area contributed by atoms with Crippen molar-refractivity contribution in [3.05, 3.63) is 91.3 Å². The van der Waals surface area contributed by atoms with Gasteiger partial charge < -0.3 is 9.47 Å². The molecule has 0 bridgehead atoms. The Kier molecular flexibility index (Phi) is 6.33. The standard InChI is InChI=1S/C37H31NO4S2/c1-19(2)5-8-38-36(39)34-28-13-22-11-24(20-6-9-43-17-20)30(41-3)15-26(22)32(28)33-27-16-31(42-4)25(21-7-10-44-18-21)12-23(27)14-29(33)35(34)37(38)40/h6-7,9-12,15-19H,5,8,13-14H2,1-4H3. The zero-order valence-corrected chi connectivity index (χ0v) is 26.7. The molecule has 2 aromatic heterocycles. The molecule has 2 aliphatic carbocycles. The van der Waals surface area contributed by atoms with Crippen molar-refractivity contribution in [1.82, 2.24) is 4.90 Å². The van der Waals surface area contributed by atoms with Gasteiger partial charge in [-0.3, -0.25) is 14.5 Å². The van der Waals surface area contributed by atoms with Crippen molar-refractivity contribution < 1.29 is 19.1 Å². The van der Waals surface area contributed by atoms with E-state index in [1.54, 1.807) is 36.9 Å². The topological polar surface area (TPSA) is 55.8 Å². The first-order valence-electron chi connectivity index (χ1n) is 14.9. The Labute approximate surface area is 264 Å². The van der Waals surface area contributed by atoms with E-state index in [0.717, 1.165) is 84.7 Å². The van der Waals surface area contributed by atoms with E-state index in [0.29, 0.717) is 36.4 Å². The van der Waals surface area contributed by atoms with Crippen molar-refractivity contribution >= 4 is 34.5 Å². The maximum atomic E-state index is 14.2. The van der Waals surface area contributed by atoms with E-state index in [1.165, 1.54) is 4.90 Å². The predicted molar refractivity (Wildman–Crippen MR) is 177 cm³/mol. The summed E-state index contributed by atoms with van der Waals surface area (Å²) < 4.78 is 11.9. The van der Waals surface area contributed by atoms with Gasteiger partial charge in [-0.15, -0.1) is 0 Å². The third kappa shape index (κ3) is 3.88. The average Bonchev–Trinajstić information content (AvgIpc) is 3.85. The molecule has 5 nitrogen and oxygen atoms in total. The summed E-state index contributed by atoms with van der Waals surface area (Å²) in [5, 5.41) is 8.40. The summed E-state index contributed by atoms with van der Waals surface area (Å²) in [5.74, 6) is 1.67. The zero-order valence-electron chi connectivity index (χ0n) is 25.1. The van der Waals surface area contributed by atoms with Crippen molar-refractivity contribution in [2.75, 3.05) is 20.8 Å². The molecule has 2 amide bonds. The maximum absolute atomic E-state index is 14.2. The molecule has 0 N–H and O–H groups in total. The monoisotopic (exact) mass is 617 g/mol. The van der Waals surface area contributed by atoms with Crippen LogP contribution in [0.25, 0.3) is 44.5 Å². The van der Waals surface area contributed by atoms with Gasteiger partial charge in [0, 0.05) is 17.7 Å². The van der Waals surface area contributed by atoms with Gasteiger partial charge in [0.2, 0.25) is 0 Å². The Balaban J connectivity index is 1.39. The smallest absolute Gasteiger partial charge is 0.261 e. The van der Waals surface area contributed by atoms with E-state index in [9.17, 15) is 9.59 Å². The summed E-state index contributed by atoms with van der Waals surface area (Å²) >= 11 is 3.31. The number of nitrogens with zero attached hydrogens (tertiary/aromatic N) is 1. The van der Waals surface area contributed by atoms with E-state index in [-0.39, 0.29) is 11.8 Å². The third-order valence-corrected chi connectivity index (χ3v) is 10.7. The van der Waals surface area contributed by atoms with Crippen LogP contribution in [-0.4, -0.2) is 37.5 Å². The number of carbonyl (C=O) groups is 2. The van der Waals surface area contributed by atoms with Gasteiger partial charge in [0.25, 0.3) is 11.8 Å². The maximum Gasteiger partial charge on any atom is 0.261 e. The van der Waals surface area contributed by atoms with Crippen LogP contribution in [0.5, 0.6) is 11.5 Å². The second-order valence-electron chi connectivity index (χ2n) is 12.2. The number of methoxy groups -OCH3 is 2. The van der Waals surface area contributed by atoms with Crippen molar-refractivity contribution in [3.8, 4) is 56.0 Å². The minimum Gasteiger partial charge on any atom is -0.496 e. The molecule has 8 rings (SSSR count). The van der Waals surface area contributed by atoms with Crippen LogP contribution in [0.4, 0.5) is 0 Å². The number of fused-ring (bicyclic) bond motifs is 10. The number of ether oxygens (including phenoxy) is 2. The molecule has 3 heterocycles. The summed E-state index contributed by atoms with van der Waals surface area (Å²) in [6.45, 7) is 4.68. The minimum absolute atomic E-state index is 0.157. The lowest BCUT2D eigenvalue weighted by Gasteiger charge is -2.16. The highest BCUT2D eigenvalue weighted by molar-refractivity contribution is 7.08. The van der Waals surface area contributed by atoms with E-state index >= 15 is 0 Å². The van der Waals surface area contributed by atoms with Crippen LogP contribution in [-0.2, 0) is 12.8 Å². The fourth-order valence-corrected chi connectivity index (χ4v) is 8.55. The Morgan fingerprint density at radius 1 is 0.705 bits per heavy atom. The van der Waals surface area contributed by atoms with Crippen LogP contribution in [0.2, 0.25) is 0 Å². The number of imide groups is 1. The molecule has 0 radical (unpaired) electrons. The van der Waals surface area contributed by atoms with Gasteiger partial charge in [0.05, 0.1) is 25.3 Å². The molecule has 3 aliphatic rings. The van der Waals surface area contributed by atoms with Crippen LogP contribution >= 0.6 is 22.7 Å². The number of rotatable bonds is 7. The number of hydrogen-bond acceptors (Lipinski definition) is 6. The van der Waals surface area contributed by atoms with E-state index < -0.39 is 0 Å². The Hall–Kier alpha value is -4.20. The molecule has 220 valence electrons. The van der Waals surface area contributed by atoms with Crippen molar-refractivity contribution in [1.29, 1.82) is 0 Å². The molecule has 0 unspecified atom stereocenters. The summed E-state index contributed by atoms with van der Waals surface area (Å²) in [4.78, 5) is 29.8. The molecule has 5 aromatic rings. The fourth-order valence-electron chi connectivity index (χ4n) is 7.24. The van der Waals surface area contributed by atoms with E-state index in [1.807, 2.05) is 0 Å². The Morgan fingerprint density at radius 3 is 1.57 bits per heavy atom. The lowest BCUT2D eigenvalue weighted by atomic mass is 9.87. The van der Waals surface area contributed by atoms with Crippen molar-refractivity contribution in [3.63, 3.8) is 0 Å². The van der Waals surface area contributed by atoms with Crippen LogP contribution in [0.3, 0.4) is 0 Å². The Morgan fingerprint density at radius 2 is 1.18 bits per heavy atom. The van der Waals surface area contributed by atoms with Gasteiger partial charge in [-0.1, -0.05) is 13.8 Å². The molecule has 1 aliphatic heterocycles. The highest BCUT2D eigenvalue weighted by atomic mass is 32.1. The van der Waals surface area contributed by atoms with E-state index in [4.69, 9.17) is 9.47 Å². The van der Waals surface area contributed by atoms with Gasteiger partial charge in [-0.2, -0.15) is 22.7 Å². The lowest BCUT2D eigenvalue weighted by molar-refractivity contribution is 0.0647. The number of carbonyl (C=O) groups excluding carboxylic acids is 2. The van der Waals surface area contributed by atoms with Gasteiger partial charge in [-0.05, 0) is 139 Å². The minimum atomic E-state index is -0.157. The van der Waals surface area contributed by atoms with Gasteiger partial charge in [0.15, 0.2) is 0 Å². The Bertz CT molecular complexity index is 1870. The average molecular weight is 618 g/mol. The van der Waals surface area contributed by atoms with Crippen molar-refractivity contribution in [2.24, 2.45) is 5.92 Å². The fraction of sp³-hybridized carbons (Fsp3) is 0.243. The molecule has 7 heteroatoms. The normalized spacial score (nSPS) is 14.2. The van der Waals surface area contributed by atoms with E-state index in [2.05, 4.69) is 71.8 Å². The second-order valence-corrected chi connectivity index (χ2v) is 13.8. The SMILES string of the molecule is COc1cc2c(cc1-c1ccsc1)Cc1c3c(c4c(c1-2)-c1cc(OC)c(-c2ccsc2)cc1C4)C(=O)N(CCC(C)C)C3=O. The number of benzene rings is 3. The van der Waals surface area contributed by atoms with Crippen molar-refractivity contribution in [2.45, 2.75) is 33.1 Å². The molecular weight excluding hydrogens is 587 g/mol. The molecule has 0 saturated carbocycles.